The monoisotopic (exact) mass is 247 g/mol. The molecule has 2 aliphatic rings. The van der Waals surface area contributed by atoms with Gasteiger partial charge in [-0.3, -0.25) is 4.68 Å². The molecule has 100 valence electrons. The first kappa shape index (κ1) is 12.1. The van der Waals surface area contributed by atoms with Crippen LogP contribution in [0.1, 0.15) is 45.7 Å². The summed E-state index contributed by atoms with van der Waals surface area (Å²) in [4.78, 5) is 0. The molecule has 2 aliphatic carbocycles. The largest absolute Gasteiger partial charge is 0.379 e. The summed E-state index contributed by atoms with van der Waals surface area (Å²) in [5.74, 6) is 0.886. The van der Waals surface area contributed by atoms with Crippen LogP contribution in [0.4, 0.5) is 5.69 Å². The molecule has 1 aromatic rings. The van der Waals surface area contributed by atoms with E-state index in [9.17, 15) is 0 Å². The van der Waals surface area contributed by atoms with E-state index >= 15 is 0 Å². The van der Waals surface area contributed by atoms with Gasteiger partial charge in [0.1, 0.15) is 0 Å². The molecular weight excluding hydrogens is 222 g/mol. The number of anilines is 1. The van der Waals surface area contributed by atoms with Crippen molar-refractivity contribution in [1.82, 2.24) is 9.78 Å². The van der Waals surface area contributed by atoms with Crippen molar-refractivity contribution in [3.63, 3.8) is 0 Å². The van der Waals surface area contributed by atoms with E-state index in [1.807, 2.05) is 11.7 Å². The second kappa shape index (κ2) is 3.52. The maximum absolute atomic E-state index is 4.43. The van der Waals surface area contributed by atoms with Gasteiger partial charge in [0.05, 0.1) is 11.4 Å². The molecule has 2 bridgehead atoms. The molecule has 1 heterocycles. The third-order valence-corrected chi connectivity index (χ3v) is 6.14. The van der Waals surface area contributed by atoms with Gasteiger partial charge in [-0.15, -0.1) is 0 Å². The van der Waals surface area contributed by atoms with Gasteiger partial charge in [0.15, 0.2) is 0 Å². The van der Waals surface area contributed by atoms with Gasteiger partial charge in [0, 0.05) is 19.3 Å². The lowest BCUT2D eigenvalue weighted by molar-refractivity contribution is 0.142. The van der Waals surface area contributed by atoms with E-state index in [1.165, 1.54) is 24.9 Å². The molecule has 2 saturated carbocycles. The van der Waals surface area contributed by atoms with Crippen molar-refractivity contribution in [3.05, 3.63) is 11.9 Å². The summed E-state index contributed by atoms with van der Waals surface area (Å²) in [5.41, 5.74) is 3.23. The van der Waals surface area contributed by atoms with E-state index in [1.54, 1.807) is 0 Å². The fraction of sp³-hybridized carbons (Fsp3) is 0.800. The Kier molecular flexibility index (Phi) is 2.36. The number of hydrogen-bond donors (Lipinski definition) is 1. The molecule has 3 nitrogen and oxygen atoms in total. The molecule has 0 spiro atoms. The number of aryl methyl sites for hydroxylation is 2. The van der Waals surface area contributed by atoms with Crippen molar-refractivity contribution in [1.29, 1.82) is 0 Å². The van der Waals surface area contributed by atoms with Gasteiger partial charge in [-0.05, 0) is 42.9 Å². The summed E-state index contributed by atoms with van der Waals surface area (Å²) in [6.07, 6.45) is 6.20. The number of nitrogens with one attached hydrogen (secondary N) is 1. The predicted molar refractivity (Wildman–Crippen MR) is 74.6 cm³/mol. The maximum Gasteiger partial charge on any atom is 0.0825 e. The molecule has 18 heavy (non-hydrogen) atoms. The molecule has 3 atom stereocenters. The average Bonchev–Trinajstić information content (AvgIpc) is 2.76. The Morgan fingerprint density at radius 1 is 1.39 bits per heavy atom. The lowest BCUT2D eigenvalue weighted by Crippen LogP contribution is -2.40. The van der Waals surface area contributed by atoms with Crippen LogP contribution in [0.25, 0.3) is 0 Å². The quantitative estimate of drug-likeness (QED) is 0.868. The highest BCUT2D eigenvalue weighted by atomic mass is 15.3. The summed E-state index contributed by atoms with van der Waals surface area (Å²) in [7, 11) is 1.99. The smallest absolute Gasteiger partial charge is 0.0825 e. The van der Waals surface area contributed by atoms with Gasteiger partial charge in [-0.25, -0.2) is 0 Å². The first-order valence-corrected chi connectivity index (χ1v) is 7.11. The predicted octanol–water partition coefficient (Wildman–Crippen LogP) is 3.36. The molecule has 2 fully saturated rings. The third kappa shape index (κ3) is 1.39. The molecule has 0 radical (unpaired) electrons. The second-order valence-corrected chi connectivity index (χ2v) is 7.11. The van der Waals surface area contributed by atoms with Crippen LogP contribution in [-0.4, -0.2) is 15.8 Å². The Morgan fingerprint density at radius 2 is 2.11 bits per heavy atom. The van der Waals surface area contributed by atoms with Crippen LogP contribution in [0.3, 0.4) is 0 Å². The van der Waals surface area contributed by atoms with Gasteiger partial charge in [0.2, 0.25) is 0 Å². The lowest BCUT2D eigenvalue weighted by atomic mass is 9.69. The second-order valence-electron chi connectivity index (χ2n) is 7.11. The molecule has 3 rings (SSSR count). The molecule has 0 aliphatic heterocycles. The lowest BCUT2D eigenvalue weighted by Gasteiger charge is -2.39. The molecule has 1 N–H and O–H groups in total. The van der Waals surface area contributed by atoms with Crippen LogP contribution >= 0.6 is 0 Å². The zero-order chi connectivity index (χ0) is 13.1. The minimum Gasteiger partial charge on any atom is -0.379 e. The summed E-state index contributed by atoms with van der Waals surface area (Å²) >= 11 is 0. The van der Waals surface area contributed by atoms with Crippen LogP contribution in [0.2, 0.25) is 0 Å². The fourth-order valence-electron chi connectivity index (χ4n) is 4.35. The number of hydrogen-bond acceptors (Lipinski definition) is 2. The van der Waals surface area contributed by atoms with Gasteiger partial charge < -0.3 is 5.32 Å². The van der Waals surface area contributed by atoms with Crippen molar-refractivity contribution < 1.29 is 0 Å². The van der Waals surface area contributed by atoms with E-state index in [2.05, 4.69) is 44.3 Å². The zero-order valence-corrected chi connectivity index (χ0v) is 12.2. The van der Waals surface area contributed by atoms with Crippen LogP contribution in [0.5, 0.6) is 0 Å². The van der Waals surface area contributed by atoms with E-state index in [4.69, 9.17) is 0 Å². The number of nitrogens with zero attached hydrogens (tertiary/aromatic N) is 2. The van der Waals surface area contributed by atoms with Crippen molar-refractivity contribution >= 4 is 5.69 Å². The summed E-state index contributed by atoms with van der Waals surface area (Å²) in [6, 6.07) is 0.606. The first-order valence-electron chi connectivity index (χ1n) is 7.11. The molecule has 0 saturated heterocycles. The maximum atomic E-state index is 4.43. The molecule has 1 aromatic heterocycles. The first-order chi connectivity index (χ1) is 8.34. The van der Waals surface area contributed by atoms with Crippen molar-refractivity contribution in [2.75, 3.05) is 5.32 Å². The number of fused-ring (bicyclic) bond motifs is 2. The SMILES string of the molecule is Cc1nn(C)cc1NC1CC2CCC1(C)C2(C)C. The minimum absolute atomic E-state index is 0.431. The fourth-order valence-corrected chi connectivity index (χ4v) is 4.35. The summed E-state index contributed by atoms with van der Waals surface area (Å²) in [6.45, 7) is 9.48. The van der Waals surface area contributed by atoms with Crippen molar-refractivity contribution in [2.24, 2.45) is 23.8 Å². The van der Waals surface area contributed by atoms with Crippen LogP contribution < -0.4 is 5.32 Å². The molecular formula is C15H25N3. The Labute approximate surface area is 110 Å². The highest BCUT2D eigenvalue weighted by molar-refractivity contribution is 5.47. The van der Waals surface area contributed by atoms with E-state index in [0.717, 1.165) is 11.6 Å². The Hall–Kier alpha value is -0.990. The zero-order valence-electron chi connectivity index (χ0n) is 12.2. The van der Waals surface area contributed by atoms with Crippen LogP contribution in [0, 0.1) is 23.7 Å². The number of aromatic nitrogens is 2. The standard InChI is InChI=1S/C15H25N3/c1-10-12(9-18(5)17-10)16-13-8-11-6-7-15(13,4)14(11,2)3/h9,11,13,16H,6-8H2,1-5H3. The Morgan fingerprint density at radius 3 is 2.56 bits per heavy atom. The summed E-state index contributed by atoms with van der Waals surface area (Å²) < 4.78 is 1.90. The Bertz CT molecular complexity index is 474. The third-order valence-electron chi connectivity index (χ3n) is 6.14. The molecule has 0 amide bonds. The van der Waals surface area contributed by atoms with E-state index < -0.39 is 0 Å². The van der Waals surface area contributed by atoms with E-state index in [0.29, 0.717) is 16.9 Å². The molecule has 0 aromatic carbocycles. The highest BCUT2D eigenvalue weighted by Crippen LogP contribution is 2.65. The minimum atomic E-state index is 0.431. The molecule has 3 unspecified atom stereocenters. The normalized spacial score (nSPS) is 37.2. The van der Waals surface area contributed by atoms with Crippen molar-refractivity contribution in [2.45, 2.75) is 53.0 Å². The van der Waals surface area contributed by atoms with Gasteiger partial charge in [0.25, 0.3) is 0 Å². The van der Waals surface area contributed by atoms with Gasteiger partial charge in [-0.1, -0.05) is 20.8 Å². The number of rotatable bonds is 2. The van der Waals surface area contributed by atoms with Gasteiger partial charge >= 0.3 is 0 Å². The van der Waals surface area contributed by atoms with E-state index in [-0.39, 0.29) is 0 Å². The highest BCUT2D eigenvalue weighted by Gasteiger charge is 2.61. The van der Waals surface area contributed by atoms with Gasteiger partial charge in [-0.2, -0.15) is 5.10 Å². The Balaban J connectivity index is 1.86. The van der Waals surface area contributed by atoms with Crippen LogP contribution in [0.15, 0.2) is 6.20 Å². The average molecular weight is 247 g/mol. The summed E-state index contributed by atoms with van der Waals surface area (Å²) in [5, 5.41) is 8.20. The molecule has 3 heteroatoms. The topological polar surface area (TPSA) is 29.9 Å². The van der Waals surface area contributed by atoms with Crippen molar-refractivity contribution in [3.8, 4) is 0 Å². The van der Waals surface area contributed by atoms with Crippen LogP contribution in [-0.2, 0) is 7.05 Å².